The second kappa shape index (κ2) is 12.6. The highest BCUT2D eigenvalue weighted by atomic mass is 16.5. The van der Waals surface area contributed by atoms with Crippen LogP contribution in [0.15, 0.2) is 48.6 Å². The van der Waals surface area contributed by atoms with E-state index in [1.54, 1.807) is 7.11 Å². The van der Waals surface area contributed by atoms with Crippen LogP contribution in [0.5, 0.6) is 5.75 Å². The summed E-state index contributed by atoms with van der Waals surface area (Å²) in [7, 11) is 4.91. The molecule has 3 aliphatic heterocycles. The van der Waals surface area contributed by atoms with Gasteiger partial charge in [-0.3, -0.25) is 14.5 Å². The fourth-order valence-electron chi connectivity index (χ4n) is 12.2. The smallest absolute Gasteiger partial charge is 0.322 e. The number of aldehydes is 1. The fourth-order valence-corrected chi connectivity index (χ4v) is 12.2. The van der Waals surface area contributed by atoms with Gasteiger partial charge in [-0.25, -0.2) is 0 Å². The van der Waals surface area contributed by atoms with Crippen molar-refractivity contribution in [3.63, 3.8) is 0 Å². The van der Waals surface area contributed by atoms with Crippen LogP contribution in [0.4, 0.5) is 5.69 Å². The molecule has 1 saturated heterocycles. The first kappa shape index (κ1) is 37.2. The van der Waals surface area contributed by atoms with Crippen molar-refractivity contribution in [2.45, 2.75) is 99.5 Å². The lowest BCUT2D eigenvalue weighted by molar-refractivity contribution is -0.193. The molecule has 11 heteroatoms. The second-order valence-corrected chi connectivity index (χ2v) is 17.1. The number of aliphatic hydroxyl groups is 3. The normalized spacial score (nSPS) is 34.5. The van der Waals surface area contributed by atoms with Gasteiger partial charge in [-0.15, -0.1) is 0 Å². The topological polar surface area (TPSA) is 162 Å². The van der Waals surface area contributed by atoms with E-state index >= 15 is 4.79 Å². The Labute approximate surface area is 317 Å². The third-order valence-corrected chi connectivity index (χ3v) is 14.7. The number of aromatic amines is 1. The number of anilines is 1. The zero-order valence-electron chi connectivity index (χ0n) is 32.4. The summed E-state index contributed by atoms with van der Waals surface area (Å²) < 4.78 is 12.2. The van der Waals surface area contributed by atoms with Crippen molar-refractivity contribution in [1.82, 2.24) is 9.88 Å². The van der Waals surface area contributed by atoms with Crippen molar-refractivity contribution in [1.29, 1.82) is 0 Å². The van der Waals surface area contributed by atoms with Crippen LogP contribution < -0.4 is 15.4 Å². The summed E-state index contributed by atoms with van der Waals surface area (Å²) in [6, 6.07) is 11.1. The van der Waals surface area contributed by atoms with Gasteiger partial charge in [0.15, 0.2) is 11.9 Å². The number of hydrogen-bond acceptors (Lipinski definition) is 10. The summed E-state index contributed by atoms with van der Waals surface area (Å²) >= 11 is 0. The molecule has 0 amide bonds. The van der Waals surface area contributed by atoms with Crippen molar-refractivity contribution in [2.24, 2.45) is 23.0 Å². The molecule has 0 bridgehead atoms. The summed E-state index contributed by atoms with van der Waals surface area (Å²) in [5.74, 6) is -0.235. The number of rotatable bonds is 12. The minimum atomic E-state index is -2.09. The quantitative estimate of drug-likeness (QED) is 0.105. The molecule has 5 aliphatic rings. The van der Waals surface area contributed by atoms with E-state index in [0.29, 0.717) is 81.5 Å². The van der Waals surface area contributed by atoms with E-state index in [4.69, 9.17) is 15.2 Å². The van der Waals surface area contributed by atoms with E-state index in [0.717, 1.165) is 27.7 Å². The van der Waals surface area contributed by atoms with Gasteiger partial charge in [0.2, 0.25) is 0 Å². The Morgan fingerprint density at radius 2 is 1.94 bits per heavy atom. The molecule has 2 aromatic carbocycles. The van der Waals surface area contributed by atoms with E-state index in [1.165, 1.54) is 7.11 Å². The number of carbonyl (C=O) groups excluding carboxylic acids is 2. The number of esters is 1. The number of benzene rings is 2. The molecular weight excluding hydrogens is 684 g/mol. The summed E-state index contributed by atoms with van der Waals surface area (Å²) in [4.78, 5) is 36.5. The number of nitrogens with one attached hydrogen (secondary N) is 1. The molecule has 0 radical (unpaired) electrons. The fraction of sp³-hybridized carbons (Fsp3) is 0.581. The van der Waals surface area contributed by atoms with Crippen LogP contribution in [0.1, 0.15) is 75.3 Å². The Kier molecular flexibility index (Phi) is 8.71. The number of methoxy groups -OCH3 is 2. The van der Waals surface area contributed by atoms with Gasteiger partial charge in [-0.2, -0.15) is 0 Å². The van der Waals surface area contributed by atoms with Crippen molar-refractivity contribution in [2.75, 3.05) is 45.8 Å². The summed E-state index contributed by atoms with van der Waals surface area (Å²) in [6.45, 7) is 7.61. The largest absolute Gasteiger partial charge is 0.496 e. The van der Waals surface area contributed by atoms with Crippen LogP contribution in [0.3, 0.4) is 0 Å². The van der Waals surface area contributed by atoms with E-state index in [2.05, 4.69) is 28.1 Å². The number of likely N-dealkylation sites (N-methyl/N-ethyl adjacent to an activating group) is 1. The number of aromatic nitrogens is 1. The first-order valence-corrected chi connectivity index (χ1v) is 19.7. The number of para-hydroxylation sites is 1. The molecule has 3 fully saturated rings. The average Bonchev–Trinajstić information content (AvgIpc) is 3.55. The van der Waals surface area contributed by atoms with Crippen LogP contribution in [-0.2, 0) is 31.6 Å². The number of nitrogens with zero attached hydrogens (tertiary/aromatic N) is 2. The number of aliphatic hydroxyl groups excluding tert-OH is 1. The molecule has 2 aliphatic carbocycles. The highest BCUT2D eigenvalue weighted by Gasteiger charge is 2.77. The van der Waals surface area contributed by atoms with Gasteiger partial charge >= 0.3 is 5.97 Å². The van der Waals surface area contributed by atoms with Crippen molar-refractivity contribution in [3.05, 3.63) is 70.9 Å². The second-order valence-electron chi connectivity index (χ2n) is 17.1. The number of H-pyrrole nitrogens is 1. The molecule has 6 N–H and O–H groups in total. The molecule has 8 rings (SSSR count). The third kappa shape index (κ3) is 4.59. The zero-order chi connectivity index (χ0) is 38.6. The van der Waals surface area contributed by atoms with Gasteiger partial charge in [0.1, 0.15) is 17.3 Å². The Bertz CT molecular complexity index is 2030. The maximum Gasteiger partial charge on any atom is 0.322 e. The van der Waals surface area contributed by atoms with E-state index in [9.17, 15) is 20.1 Å². The minimum Gasteiger partial charge on any atom is -0.496 e. The van der Waals surface area contributed by atoms with Crippen molar-refractivity contribution >= 4 is 28.8 Å². The lowest BCUT2D eigenvalue weighted by Crippen LogP contribution is -2.79. The molecular formula is C43H56N4O7. The number of fused-ring (bicyclic) bond motifs is 2. The summed E-state index contributed by atoms with van der Waals surface area (Å²) in [5.41, 5.74) is 5.07. The van der Waals surface area contributed by atoms with Gasteiger partial charge in [-0.1, -0.05) is 44.2 Å². The Hall–Kier alpha value is -3.74. The van der Waals surface area contributed by atoms with E-state index < -0.39 is 45.6 Å². The first-order chi connectivity index (χ1) is 25.8. The summed E-state index contributed by atoms with van der Waals surface area (Å²) in [6.07, 6.45) is 6.73. The highest BCUT2D eigenvalue weighted by molar-refractivity contribution is 5.95. The van der Waals surface area contributed by atoms with Gasteiger partial charge in [-0.05, 0) is 93.6 Å². The van der Waals surface area contributed by atoms with Crippen LogP contribution in [0.25, 0.3) is 10.9 Å². The molecule has 11 nitrogen and oxygen atoms in total. The van der Waals surface area contributed by atoms with Gasteiger partial charge < -0.3 is 40.4 Å². The van der Waals surface area contributed by atoms with Gasteiger partial charge in [0.25, 0.3) is 0 Å². The number of hydrogen-bond donors (Lipinski definition) is 5. The Morgan fingerprint density at radius 3 is 2.61 bits per heavy atom. The monoisotopic (exact) mass is 740 g/mol. The molecule has 10 atom stereocenters. The van der Waals surface area contributed by atoms with Crippen molar-refractivity contribution < 1.29 is 34.4 Å². The molecule has 1 unspecified atom stereocenters. The lowest BCUT2D eigenvalue weighted by atomic mass is 9.48. The predicted molar refractivity (Wildman–Crippen MR) is 207 cm³/mol. The molecule has 4 heterocycles. The average molecular weight is 741 g/mol. The number of carbonyl (C=O) groups is 2. The standard InChI is InChI=1S/C43H56N4O7/c1-7-39(3,51)23-25-20-28(25)43(38(50)54-6,34-27(14-17-44)26-12-9-10-13-31(26)45-34)30-21-29-32(22-33(30)53-5)46(4)36-41(29)16-19-47-18-11-15-40(8-2,35(41)47)37(49)42(36,52)24-48/h9-13,15,21-22,24-25,28,35-37,45,49,51-52H,7-8,14,16-20,23,44H2,1-6H3/t25-,28-,35?,36+,37+,39-,40+,41+,42-,43-/m0/s1. The molecule has 2 saturated carbocycles. The maximum atomic E-state index is 15.2. The molecule has 3 aromatic rings. The molecule has 54 heavy (non-hydrogen) atoms. The van der Waals surface area contributed by atoms with Crippen LogP contribution >= 0.6 is 0 Å². The molecule has 290 valence electrons. The molecule has 1 aromatic heterocycles. The number of nitrogens with two attached hydrogens (primary N) is 1. The van der Waals surface area contributed by atoms with Gasteiger partial charge in [0.05, 0.1) is 25.9 Å². The van der Waals surface area contributed by atoms with E-state index in [1.807, 2.05) is 63.1 Å². The van der Waals surface area contributed by atoms with Crippen LogP contribution in [-0.4, -0.2) is 108 Å². The predicted octanol–water partition coefficient (Wildman–Crippen LogP) is 3.73. The van der Waals surface area contributed by atoms with Crippen LogP contribution in [0, 0.1) is 17.3 Å². The Morgan fingerprint density at radius 1 is 1.19 bits per heavy atom. The van der Waals surface area contributed by atoms with Crippen LogP contribution in [0.2, 0.25) is 0 Å². The number of ether oxygens (including phenoxy) is 2. The third-order valence-electron chi connectivity index (χ3n) is 14.7. The lowest BCUT2D eigenvalue weighted by Gasteiger charge is -2.62. The first-order valence-electron chi connectivity index (χ1n) is 19.7. The SMILES string of the molecule is CC[C@](C)(O)C[C@@H]1C[C@@H]1[C@](C(=O)OC)(c1cc2c(cc1OC)N(C)[C@H]1[C@@](O)(C=O)[C@H](O)[C@]3(CC)C=CCN4CC[C@]21C43)c1[nH]c2ccccc2c1CCN. The molecule has 1 spiro atoms. The Balaban J connectivity index is 1.46. The van der Waals surface area contributed by atoms with E-state index in [-0.39, 0.29) is 17.9 Å². The van der Waals surface area contributed by atoms with Gasteiger partial charge in [0, 0.05) is 64.4 Å². The maximum absolute atomic E-state index is 15.2. The zero-order valence-corrected chi connectivity index (χ0v) is 32.4. The highest BCUT2D eigenvalue weighted by Crippen LogP contribution is 2.68. The summed E-state index contributed by atoms with van der Waals surface area (Å²) in [5, 5.41) is 37.1. The van der Waals surface area contributed by atoms with Crippen molar-refractivity contribution in [3.8, 4) is 5.75 Å². The minimum absolute atomic E-state index is 0.00841.